The van der Waals surface area contributed by atoms with Gasteiger partial charge in [0.25, 0.3) is 0 Å². The minimum Gasteiger partial charge on any atom is -0.315 e. The van der Waals surface area contributed by atoms with Crippen LogP contribution in [-0.2, 0) is 0 Å². The smallest absolute Gasteiger partial charge is 0.0277 e. The summed E-state index contributed by atoms with van der Waals surface area (Å²) in [5, 5.41) is 3.58. The lowest BCUT2D eigenvalue weighted by Crippen LogP contribution is -2.58. The summed E-state index contributed by atoms with van der Waals surface area (Å²) in [4.78, 5) is 5.07. The second-order valence-electron chi connectivity index (χ2n) is 6.16. The molecule has 0 aromatic heterocycles. The number of rotatable bonds is 5. The zero-order valence-corrected chi connectivity index (χ0v) is 11.1. The third kappa shape index (κ3) is 3.44. The van der Waals surface area contributed by atoms with E-state index in [0.29, 0.717) is 5.54 Å². The molecule has 0 unspecified atom stereocenters. The summed E-state index contributed by atoms with van der Waals surface area (Å²) in [6.07, 6.45) is 2.91. The molecule has 1 aliphatic carbocycles. The highest BCUT2D eigenvalue weighted by molar-refractivity contribution is 4.88. The van der Waals surface area contributed by atoms with Crippen LogP contribution in [0.25, 0.3) is 0 Å². The molecule has 1 N–H and O–H groups in total. The fraction of sp³-hybridized carbons (Fsp3) is 1.00. The van der Waals surface area contributed by atoms with E-state index in [2.05, 4.69) is 36.0 Å². The molecule has 2 aliphatic rings. The zero-order valence-electron chi connectivity index (χ0n) is 11.1. The van der Waals surface area contributed by atoms with Crippen molar-refractivity contribution in [1.82, 2.24) is 15.1 Å². The summed E-state index contributed by atoms with van der Waals surface area (Å²) < 4.78 is 0. The standard InChI is InChI=1S/C13H27N3/c1-13(2)11-16(9-8-15(13)3)7-6-14-10-12-4-5-12/h12,14H,4-11H2,1-3H3. The monoisotopic (exact) mass is 225 g/mol. The van der Waals surface area contributed by atoms with Crippen LogP contribution in [0, 0.1) is 5.92 Å². The molecule has 0 bridgehead atoms. The molecule has 1 saturated heterocycles. The molecule has 3 heteroatoms. The van der Waals surface area contributed by atoms with Gasteiger partial charge in [-0.2, -0.15) is 0 Å². The fourth-order valence-electron chi connectivity index (χ4n) is 2.40. The molecular weight excluding hydrogens is 198 g/mol. The van der Waals surface area contributed by atoms with Crippen LogP contribution in [0.5, 0.6) is 0 Å². The van der Waals surface area contributed by atoms with E-state index in [9.17, 15) is 0 Å². The summed E-state index contributed by atoms with van der Waals surface area (Å²) in [6.45, 7) is 11.9. The van der Waals surface area contributed by atoms with Crippen molar-refractivity contribution in [2.24, 2.45) is 5.92 Å². The Morgan fingerprint density at radius 2 is 2.00 bits per heavy atom. The molecule has 0 amide bonds. The molecule has 2 fully saturated rings. The molecule has 1 saturated carbocycles. The van der Waals surface area contributed by atoms with Crippen molar-refractivity contribution < 1.29 is 0 Å². The van der Waals surface area contributed by atoms with Crippen LogP contribution in [0.4, 0.5) is 0 Å². The first kappa shape index (κ1) is 12.3. The van der Waals surface area contributed by atoms with Gasteiger partial charge in [-0.15, -0.1) is 0 Å². The summed E-state index contributed by atoms with van der Waals surface area (Å²) >= 11 is 0. The number of piperazine rings is 1. The van der Waals surface area contributed by atoms with E-state index < -0.39 is 0 Å². The number of likely N-dealkylation sites (N-methyl/N-ethyl adjacent to an activating group) is 1. The summed E-state index contributed by atoms with van der Waals surface area (Å²) in [7, 11) is 2.24. The van der Waals surface area contributed by atoms with Crippen LogP contribution in [0.15, 0.2) is 0 Å². The van der Waals surface area contributed by atoms with Gasteiger partial charge in [-0.25, -0.2) is 0 Å². The molecular formula is C13H27N3. The first-order valence-electron chi connectivity index (χ1n) is 6.72. The average molecular weight is 225 g/mol. The first-order chi connectivity index (χ1) is 7.58. The Morgan fingerprint density at radius 3 is 2.62 bits per heavy atom. The Morgan fingerprint density at radius 1 is 1.25 bits per heavy atom. The lowest BCUT2D eigenvalue weighted by Gasteiger charge is -2.45. The van der Waals surface area contributed by atoms with Crippen molar-refractivity contribution in [1.29, 1.82) is 0 Å². The van der Waals surface area contributed by atoms with Crippen LogP contribution >= 0.6 is 0 Å². The van der Waals surface area contributed by atoms with E-state index in [-0.39, 0.29) is 0 Å². The third-order valence-electron chi connectivity index (χ3n) is 4.13. The number of nitrogens with zero attached hydrogens (tertiary/aromatic N) is 2. The molecule has 0 atom stereocenters. The Kier molecular flexibility index (Phi) is 3.88. The average Bonchev–Trinajstić information content (AvgIpc) is 3.01. The number of hydrogen-bond donors (Lipinski definition) is 1. The zero-order chi connectivity index (χ0) is 11.6. The number of hydrogen-bond acceptors (Lipinski definition) is 3. The van der Waals surface area contributed by atoms with Crippen LogP contribution in [0.3, 0.4) is 0 Å². The van der Waals surface area contributed by atoms with Gasteiger partial charge in [-0.05, 0) is 46.2 Å². The molecule has 1 heterocycles. The largest absolute Gasteiger partial charge is 0.315 e. The molecule has 1 aliphatic heterocycles. The molecule has 0 radical (unpaired) electrons. The minimum absolute atomic E-state index is 0.342. The van der Waals surface area contributed by atoms with E-state index in [1.807, 2.05) is 0 Å². The molecule has 0 aromatic rings. The van der Waals surface area contributed by atoms with E-state index in [1.165, 1.54) is 45.6 Å². The quantitative estimate of drug-likeness (QED) is 0.705. The van der Waals surface area contributed by atoms with Crippen molar-refractivity contribution >= 4 is 0 Å². The van der Waals surface area contributed by atoms with Crippen LogP contribution in [0.2, 0.25) is 0 Å². The second kappa shape index (κ2) is 5.03. The van der Waals surface area contributed by atoms with E-state index in [4.69, 9.17) is 0 Å². The van der Waals surface area contributed by atoms with Gasteiger partial charge >= 0.3 is 0 Å². The van der Waals surface area contributed by atoms with Crippen molar-refractivity contribution in [2.75, 3.05) is 46.3 Å². The summed E-state index contributed by atoms with van der Waals surface area (Å²) in [6, 6.07) is 0. The van der Waals surface area contributed by atoms with E-state index >= 15 is 0 Å². The summed E-state index contributed by atoms with van der Waals surface area (Å²) in [5.41, 5.74) is 0.342. The van der Waals surface area contributed by atoms with Gasteiger partial charge in [0, 0.05) is 38.3 Å². The SMILES string of the molecule is CN1CCN(CCNCC2CC2)CC1(C)C. The van der Waals surface area contributed by atoms with Gasteiger partial charge in [0.1, 0.15) is 0 Å². The van der Waals surface area contributed by atoms with Gasteiger partial charge in [-0.1, -0.05) is 0 Å². The van der Waals surface area contributed by atoms with Gasteiger partial charge in [0.15, 0.2) is 0 Å². The maximum atomic E-state index is 3.58. The molecule has 2 rings (SSSR count). The van der Waals surface area contributed by atoms with Crippen LogP contribution in [-0.4, -0.2) is 61.7 Å². The molecule has 0 aromatic carbocycles. The van der Waals surface area contributed by atoms with Crippen LogP contribution < -0.4 is 5.32 Å². The van der Waals surface area contributed by atoms with Crippen LogP contribution in [0.1, 0.15) is 26.7 Å². The number of nitrogens with one attached hydrogen (secondary N) is 1. The van der Waals surface area contributed by atoms with Gasteiger partial charge in [0.05, 0.1) is 0 Å². The van der Waals surface area contributed by atoms with Gasteiger partial charge in [-0.3, -0.25) is 9.80 Å². The Balaban J connectivity index is 1.61. The van der Waals surface area contributed by atoms with Gasteiger partial charge < -0.3 is 5.32 Å². The topological polar surface area (TPSA) is 18.5 Å². The third-order valence-corrected chi connectivity index (χ3v) is 4.13. The molecule has 0 spiro atoms. The lowest BCUT2D eigenvalue weighted by atomic mass is 10.00. The highest BCUT2D eigenvalue weighted by atomic mass is 15.3. The predicted molar refractivity (Wildman–Crippen MR) is 68.7 cm³/mol. The molecule has 94 valence electrons. The molecule has 16 heavy (non-hydrogen) atoms. The Labute approximate surface area is 100 Å². The van der Waals surface area contributed by atoms with Crippen molar-refractivity contribution in [2.45, 2.75) is 32.2 Å². The normalized spacial score (nSPS) is 27.2. The fourth-order valence-corrected chi connectivity index (χ4v) is 2.40. The lowest BCUT2D eigenvalue weighted by molar-refractivity contribution is 0.0407. The van der Waals surface area contributed by atoms with E-state index in [1.54, 1.807) is 0 Å². The van der Waals surface area contributed by atoms with E-state index in [0.717, 1.165) is 12.5 Å². The van der Waals surface area contributed by atoms with Crippen molar-refractivity contribution in [3.63, 3.8) is 0 Å². The highest BCUT2D eigenvalue weighted by Gasteiger charge is 2.30. The molecule has 3 nitrogen and oxygen atoms in total. The highest BCUT2D eigenvalue weighted by Crippen LogP contribution is 2.27. The Hall–Kier alpha value is -0.120. The van der Waals surface area contributed by atoms with Crippen molar-refractivity contribution in [3.05, 3.63) is 0 Å². The van der Waals surface area contributed by atoms with Crippen molar-refractivity contribution in [3.8, 4) is 0 Å². The minimum atomic E-state index is 0.342. The maximum Gasteiger partial charge on any atom is 0.0277 e. The van der Waals surface area contributed by atoms with Gasteiger partial charge in [0.2, 0.25) is 0 Å². The first-order valence-corrected chi connectivity index (χ1v) is 6.72. The summed E-state index contributed by atoms with van der Waals surface area (Å²) in [5.74, 6) is 1.00. The predicted octanol–water partition coefficient (Wildman–Crippen LogP) is 1.01. The maximum absolute atomic E-state index is 3.58. The second-order valence-corrected chi connectivity index (χ2v) is 6.16. The Bertz CT molecular complexity index is 223.